The molecule has 2 heteroatoms. The van der Waals surface area contributed by atoms with E-state index in [9.17, 15) is 4.79 Å². The summed E-state index contributed by atoms with van der Waals surface area (Å²) in [6, 6.07) is 16.0. The zero-order valence-corrected chi connectivity index (χ0v) is 13.6. The summed E-state index contributed by atoms with van der Waals surface area (Å²) in [5.41, 5.74) is 5.03. The molecule has 2 aromatic rings. The fourth-order valence-electron chi connectivity index (χ4n) is 2.34. The van der Waals surface area contributed by atoms with Crippen LogP contribution in [0.15, 0.2) is 54.6 Å². The number of carboxylic acids is 1. The molecule has 22 heavy (non-hydrogen) atoms. The van der Waals surface area contributed by atoms with Gasteiger partial charge in [0, 0.05) is 6.08 Å². The fraction of sp³-hybridized carbons (Fsp3) is 0.250. The number of carbonyl (C=O) groups is 1. The predicted molar refractivity (Wildman–Crippen MR) is 91.0 cm³/mol. The van der Waals surface area contributed by atoms with Crippen LogP contribution in [0.1, 0.15) is 43.0 Å². The number of rotatable bonds is 3. The van der Waals surface area contributed by atoms with Crippen LogP contribution in [0.25, 0.3) is 5.57 Å². The van der Waals surface area contributed by atoms with Crippen LogP contribution < -0.4 is 0 Å². The van der Waals surface area contributed by atoms with E-state index in [1.165, 1.54) is 11.6 Å². The van der Waals surface area contributed by atoms with Crippen LogP contribution in [-0.2, 0) is 10.2 Å². The minimum Gasteiger partial charge on any atom is -0.478 e. The Balaban J connectivity index is 2.47. The van der Waals surface area contributed by atoms with E-state index in [0.717, 1.165) is 22.3 Å². The SMILES string of the molecule is Cc1ccc(/C(=C/C(=O)O)c2ccc(C(C)(C)C)cc2)cc1. The number of aryl methyl sites for hydroxylation is 1. The molecule has 0 radical (unpaired) electrons. The number of benzene rings is 2. The third-order valence-electron chi connectivity index (χ3n) is 3.69. The highest BCUT2D eigenvalue weighted by molar-refractivity contribution is 5.95. The first-order valence-electron chi connectivity index (χ1n) is 7.40. The molecule has 2 aromatic carbocycles. The van der Waals surface area contributed by atoms with Gasteiger partial charge in [-0.15, -0.1) is 0 Å². The van der Waals surface area contributed by atoms with Crippen molar-refractivity contribution in [2.45, 2.75) is 33.1 Å². The summed E-state index contributed by atoms with van der Waals surface area (Å²) in [6.07, 6.45) is 1.27. The zero-order chi connectivity index (χ0) is 16.3. The standard InChI is InChI=1S/C20H22O2/c1-14-5-7-15(8-6-14)18(13-19(21)22)16-9-11-17(12-10-16)20(2,3)4/h5-13H,1-4H3,(H,21,22)/b18-13-. The zero-order valence-electron chi connectivity index (χ0n) is 13.6. The van der Waals surface area contributed by atoms with Gasteiger partial charge in [0.05, 0.1) is 0 Å². The Labute approximate surface area is 132 Å². The second-order valence-corrected chi connectivity index (χ2v) is 6.59. The molecule has 0 heterocycles. The number of hydrogen-bond donors (Lipinski definition) is 1. The summed E-state index contributed by atoms with van der Waals surface area (Å²) in [5, 5.41) is 9.17. The van der Waals surface area contributed by atoms with Crippen LogP contribution in [0.3, 0.4) is 0 Å². The lowest BCUT2D eigenvalue weighted by Crippen LogP contribution is -2.10. The Morgan fingerprint density at radius 1 is 0.909 bits per heavy atom. The van der Waals surface area contributed by atoms with Gasteiger partial charge in [-0.2, -0.15) is 0 Å². The minimum atomic E-state index is -0.935. The van der Waals surface area contributed by atoms with Gasteiger partial charge in [0.15, 0.2) is 0 Å². The maximum absolute atomic E-state index is 11.2. The summed E-state index contributed by atoms with van der Waals surface area (Å²) in [6.45, 7) is 8.50. The summed E-state index contributed by atoms with van der Waals surface area (Å²) in [7, 11) is 0. The van der Waals surface area contributed by atoms with Crippen LogP contribution in [0.5, 0.6) is 0 Å². The molecule has 0 bridgehead atoms. The van der Waals surface area contributed by atoms with E-state index >= 15 is 0 Å². The molecule has 0 unspecified atom stereocenters. The van der Waals surface area contributed by atoms with Gasteiger partial charge < -0.3 is 5.11 Å². The van der Waals surface area contributed by atoms with Crippen molar-refractivity contribution in [3.8, 4) is 0 Å². The number of carboxylic acid groups (broad SMARTS) is 1. The van der Waals surface area contributed by atoms with Gasteiger partial charge in [-0.05, 0) is 34.6 Å². The van der Waals surface area contributed by atoms with Gasteiger partial charge in [0.1, 0.15) is 0 Å². The van der Waals surface area contributed by atoms with Gasteiger partial charge in [-0.25, -0.2) is 4.79 Å². The molecule has 0 aromatic heterocycles. The molecule has 0 amide bonds. The molecular formula is C20H22O2. The van der Waals surface area contributed by atoms with Crippen molar-refractivity contribution >= 4 is 11.5 Å². The Hall–Kier alpha value is -2.35. The van der Waals surface area contributed by atoms with Crippen molar-refractivity contribution in [2.75, 3.05) is 0 Å². The van der Waals surface area contributed by atoms with Crippen LogP contribution in [-0.4, -0.2) is 11.1 Å². The Morgan fingerprint density at radius 2 is 1.36 bits per heavy atom. The molecule has 0 aliphatic heterocycles. The number of hydrogen-bond acceptors (Lipinski definition) is 1. The van der Waals surface area contributed by atoms with Crippen molar-refractivity contribution in [2.24, 2.45) is 0 Å². The maximum Gasteiger partial charge on any atom is 0.328 e. The van der Waals surface area contributed by atoms with Gasteiger partial charge >= 0.3 is 5.97 Å². The largest absolute Gasteiger partial charge is 0.478 e. The van der Waals surface area contributed by atoms with Crippen LogP contribution in [0.4, 0.5) is 0 Å². The van der Waals surface area contributed by atoms with E-state index in [2.05, 4.69) is 32.9 Å². The highest BCUT2D eigenvalue weighted by atomic mass is 16.4. The van der Waals surface area contributed by atoms with Crippen LogP contribution in [0.2, 0.25) is 0 Å². The van der Waals surface area contributed by atoms with E-state index in [4.69, 9.17) is 5.11 Å². The molecule has 0 spiro atoms. The normalized spacial score (nSPS) is 12.3. The molecule has 2 rings (SSSR count). The lowest BCUT2D eigenvalue weighted by molar-refractivity contribution is -0.131. The smallest absolute Gasteiger partial charge is 0.328 e. The van der Waals surface area contributed by atoms with Crippen molar-refractivity contribution in [1.82, 2.24) is 0 Å². The molecular weight excluding hydrogens is 272 g/mol. The summed E-state index contributed by atoms with van der Waals surface area (Å²) in [5.74, 6) is -0.935. The first-order valence-corrected chi connectivity index (χ1v) is 7.40. The quantitative estimate of drug-likeness (QED) is 0.825. The molecule has 0 aliphatic rings. The highest BCUT2D eigenvalue weighted by Gasteiger charge is 2.14. The summed E-state index contributed by atoms with van der Waals surface area (Å²) in [4.78, 5) is 11.2. The van der Waals surface area contributed by atoms with Crippen molar-refractivity contribution in [1.29, 1.82) is 0 Å². The first-order chi connectivity index (χ1) is 10.3. The third-order valence-corrected chi connectivity index (χ3v) is 3.69. The molecule has 0 saturated carbocycles. The topological polar surface area (TPSA) is 37.3 Å². The van der Waals surface area contributed by atoms with Gasteiger partial charge in [0.25, 0.3) is 0 Å². The van der Waals surface area contributed by atoms with E-state index in [0.29, 0.717) is 0 Å². The summed E-state index contributed by atoms with van der Waals surface area (Å²) < 4.78 is 0. The highest BCUT2D eigenvalue weighted by Crippen LogP contribution is 2.27. The third kappa shape index (κ3) is 3.85. The van der Waals surface area contributed by atoms with Crippen molar-refractivity contribution in [3.05, 3.63) is 76.9 Å². The van der Waals surface area contributed by atoms with E-state index in [-0.39, 0.29) is 5.41 Å². The molecule has 2 nitrogen and oxygen atoms in total. The molecule has 0 aliphatic carbocycles. The molecule has 0 fully saturated rings. The molecule has 0 atom stereocenters. The van der Waals surface area contributed by atoms with E-state index in [1.807, 2.05) is 43.3 Å². The average Bonchev–Trinajstić information content (AvgIpc) is 2.45. The lowest BCUT2D eigenvalue weighted by atomic mass is 9.85. The Kier molecular flexibility index (Phi) is 4.51. The minimum absolute atomic E-state index is 0.0824. The Morgan fingerprint density at radius 3 is 1.77 bits per heavy atom. The van der Waals surface area contributed by atoms with Crippen LogP contribution in [0, 0.1) is 6.92 Å². The first kappa shape index (κ1) is 16.0. The fourth-order valence-corrected chi connectivity index (χ4v) is 2.34. The predicted octanol–water partition coefficient (Wildman–Crippen LogP) is 4.81. The lowest BCUT2D eigenvalue weighted by Gasteiger charge is -2.19. The summed E-state index contributed by atoms with van der Waals surface area (Å²) >= 11 is 0. The molecule has 1 N–H and O–H groups in total. The van der Waals surface area contributed by atoms with Crippen molar-refractivity contribution in [3.63, 3.8) is 0 Å². The van der Waals surface area contributed by atoms with E-state index in [1.54, 1.807) is 0 Å². The van der Waals surface area contributed by atoms with Crippen LogP contribution >= 0.6 is 0 Å². The van der Waals surface area contributed by atoms with E-state index < -0.39 is 5.97 Å². The van der Waals surface area contributed by atoms with Gasteiger partial charge in [0.2, 0.25) is 0 Å². The second-order valence-electron chi connectivity index (χ2n) is 6.59. The maximum atomic E-state index is 11.2. The van der Waals surface area contributed by atoms with Gasteiger partial charge in [-0.3, -0.25) is 0 Å². The van der Waals surface area contributed by atoms with Gasteiger partial charge in [-0.1, -0.05) is 74.9 Å². The number of aliphatic carboxylic acids is 1. The second kappa shape index (κ2) is 6.18. The average molecular weight is 294 g/mol. The molecule has 114 valence electrons. The molecule has 0 saturated heterocycles. The Bertz CT molecular complexity index is 684. The van der Waals surface area contributed by atoms with Crippen molar-refractivity contribution < 1.29 is 9.90 Å². The monoisotopic (exact) mass is 294 g/mol.